The number of benzene rings is 1. The summed E-state index contributed by atoms with van der Waals surface area (Å²) in [6, 6.07) is 5.98. The molecule has 0 unspecified atom stereocenters. The van der Waals surface area contributed by atoms with Crippen molar-refractivity contribution in [2.24, 2.45) is 4.99 Å². The normalized spacial score (nSPS) is 13.3. The number of hydrogen-bond donors (Lipinski definition) is 0. The predicted octanol–water partition coefficient (Wildman–Crippen LogP) is 5.89. The molecule has 0 heterocycles. The van der Waals surface area contributed by atoms with Crippen molar-refractivity contribution in [1.82, 2.24) is 0 Å². The van der Waals surface area contributed by atoms with Crippen molar-refractivity contribution in [2.75, 3.05) is 0 Å². The van der Waals surface area contributed by atoms with Crippen LogP contribution >= 0.6 is 0 Å². The van der Waals surface area contributed by atoms with E-state index in [0.29, 0.717) is 0 Å². The molecule has 0 saturated heterocycles. The second kappa shape index (κ2) is 7.67. The average Bonchev–Trinajstić information content (AvgIpc) is 2.43. The number of hydrogen-bond acceptors (Lipinski definition) is 1. The van der Waals surface area contributed by atoms with Crippen LogP contribution in [-0.2, 0) is 0 Å². The summed E-state index contributed by atoms with van der Waals surface area (Å²) in [5.41, 5.74) is 4.80. The molecule has 0 amide bonds. The summed E-state index contributed by atoms with van der Waals surface area (Å²) in [7, 11) is 0. The van der Waals surface area contributed by atoms with E-state index < -0.39 is 6.43 Å². The largest absolute Gasteiger partial charge is 0.259 e. The third kappa shape index (κ3) is 5.46. The molecule has 0 atom stereocenters. The molecule has 0 aromatic heterocycles. The Morgan fingerprint density at radius 3 is 2.43 bits per heavy atom. The van der Waals surface area contributed by atoms with Crippen LogP contribution in [0.1, 0.15) is 31.9 Å². The zero-order valence-electron chi connectivity index (χ0n) is 13.0. The van der Waals surface area contributed by atoms with Crippen LogP contribution in [0.15, 0.2) is 53.1 Å². The Morgan fingerprint density at radius 1 is 1.19 bits per heavy atom. The molecular formula is C18H21F2N. The fourth-order valence-corrected chi connectivity index (χ4v) is 1.56. The summed E-state index contributed by atoms with van der Waals surface area (Å²) < 4.78 is 24.7. The van der Waals surface area contributed by atoms with Gasteiger partial charge in [0.1, 0.15) is 0 Å². The fraction of sp³-hybridized carbons (Fsp3) is 0.278. The lowest BCUT2D eigenvalue weighted by Gasteiger charge is -2.04. The molecule has 0 N–H and O–H groups in total. The van der Waals surface area contributed by atoms with Crippen LogP contribution in [0.4, 0.5) is 14.5 Å². The molecule has 0 fully saturated rings. The highest BCUT2D eigenvalue weighted by Gasteiger charge is 2.02. The number of aryl methyl sites for hydroxylation is 1. The summed E-state index contributed by atoms with van der Waals surface area (Å²) >= 11 is 0. The van der Waals surface area contributed by atoms with Crippen LogP contribution in [0.3, 0.4) is 0 Å². The molecule has 0 aliphatic rings. The lowest BCUT2D eigenvalue weighted by atomic mass is 10.1. The Bertz CT molecular complexity index is 608. The van der Waals surface area contributed by atoms with Gasteiger partial charge in [0.25, 0.3) is 6.43 Å². The van der Waals surface area contributed by atoms with Crippen molar-refractivity contribution in [1.29, 1.82) is 0 Å². The molecule has 0 radical (unpaired) electrons. The van der Waals surface area contributed by atoms with Crippen molar-refractivity contribution < 1.29 is 8.78 Å². The average molecular weight is 289 g/mol. The number of alkyl halides is 2. The van der Waals surface area contributed by atoms with E-state index in [0.717, 1.165) is 28.0 Å². The van der Waals surface area contributed by atoms with E-state index >= 15 is 0 Å². The zero-order chi connectivity index (χ0) is 16.0. The highest BCUT2D eigenvalue weighted by atomic mass is 19.3. The quantitative estimate of drug-likeness (QED) is 0.473. The summed E-state index contributed by atoms with van der Waals surface area (Å²) in [4.78, 5) is 4.42. The summed E-state index contributed by atoms with van der Waals surface area (Å²) in [5, 5.41) is 0. The molecule has 0 saturated carbocycles. The maximum Gasteiger partial charge on any atom is 0.259 e. The molecule has 0 aliphatic heterocycles. The maximum atomic E-state index is 12.4. The summed E-state index contributed by atoms with van der Waals surface area (Å²) in [6.07, 6.45) is 2.33. The van der Waals surface area contributed by atoms with E-state index in [9.17, 15) is 8.78 Å². The van der Waals surface area contributed by atoms with Crippen LogP contribution in [0.5, 0.6) is 0 Å². The van der Waals surface area contributed by atoms with Gasteiger partial charge >= 0.3 is 0 Å². The molecule has 112 valence electrons. The molecule has 1 nitrogen and oxygen atoms in total. The molecular weight excluding hydrogens is 268 g/mol. The minimum absolute atomic E-state index is 0.0446. The fourth-order valence-electron chi connectivity index (χ4n) is 1.56. The van der Waals surface area contributed by atoms with E-state index in [1.807, 2.05) is 39.0 Å². The first-order valence-corrected chi connectivity index (χ1v) is 6.75. The minimum atomic E-state index is -2.42. The second-order valence-corrected chi connectivity index (χ2v) is 5.16. The van der Waals surface area contributed by atoms with Gasteiger partial charge < -0.3 is 0 Å². The van der Waals surface area contributed by atoms with Crippen LogP contribution in [0.25, 0.3) is 5.57 Å². The van der Waals surface area contributed by atoms with Crippen LogP contribution in [-0.4, -0.2) is 12.6 Å². The van der Waals surface area contributed by atoms with Crippen molar-refractivity contribution in [3.8, 4) is 0 Å². The van der Waals surface area contributed by atoms with Crippen LogP contribution in [0, 0.1) is 6.92 Å². The smallest absolute Gasteiger partial charge is 0.256 e. The van der Waals surface area contributed by atoms with E-state index in [1.165, 1.54) is 13.0 Å². The third-order valence-electron chi connectivity index (χ3n) is 3.06. The lowest BCUT2D eigenvalue weighted by Crippen LogP contribution is -1.90. The number of rotatable bonds is 5. The van der Waals surface area contributed by atoms with Gasteiger partial charge in [-0.15, -0.1) is 0 Å². The van der Waals surface area contributed by atoms with Gasteiger partial charge in [-0.1, -0.05) is 36.4 Å². The van der Waals surface area contributed by atoms with Gasteiger partial charge in [0, 0.05) is 6.21 Å². The first-order chi connectivity index (χ1) is 9.81. The molecule has 0 bridgehead atoms. The molecule has 21 heavy (non-hydrogen) atoms. The molecule has 1 aromatic rings. The third-order valence-corrected chi connectivity index (χ3v) is 3.06. The Balaban J connectivity index is 2.95. The SMILES string of the molecule is C=C(C)c1ccc(C)c(/N=C/C(C)=C/C=C(\C)C(F)F)c1. The number of nitrogens with zero attached hydrogens (tertiary/aromatic N) is 1. The van der Waals surface area contributed by atoms with Crippen molar-refractivity contribution in [3.63, 3.8) is 0 Å². The Kier molecular flexibility index (Phi) is 6.22. The van der Waals surface area contributed by atoms with Gasteiger partial charge in [-0.3, -0.25) is 4.99 Å². The minimum Gasteiger partial charge on any atom is -0.256 e. The van der Waals surface area contributed by atoms with Crippen molar-refractivity contribution in [2.45, 2.75) is 34.1 Å². The number of allylic oxidation sites excluding steroid dienone is 5. The molecule has 0 spiro atoms. The first-order valence-electron chi connectivity index (χ1n) is 6.75. The molecule has 3 heteroatoms. The topological polar surface area (TPSA) is 12.4 Å². The van der Waals surface area contributed by atoms with E-state index in [4.69, 9.17) is 0 Å². The van der Waals surface area contributed by atoms with Gasteiger partial charge in [-0.2, -0.15) is 0 Å². The Labute approximate surface area is 125 Å². The molecule has 1 aromatic carbocycles. The van der Waals surface area contributed by atoms with E-state index in [2.05, 4.69) is 11.6 Å². The van der Waals surface area contributed by atoms with E-state index in [1.54, 1.807) is 12.3 Å². The Morgan fingerprint density at radius 2 is 1.86 bits per heavy atom. The highest BCUT2D eigenvalue weighted by molar-refractivity contribution is 5.81. The molecule has 1 rings (SSSR count). The first kappa shape index (κ1) is 17.0. The predicted molar refractivity (Wildman–Crippen MR) is 87.6 cm³/mol. The Hall–Kier alpha value is -2.03. The van der Waals surface area contributed by atoms with E-state index in [-0.39, 0.29) is 5.57 Å². The van der Waals surface area contributed by atoms with Gasteiger partial charge in [0.15, 0.2) is 0 Å². The number of aliphatic imine (C=N–C) groups is 1. The van der Waals surface area contributed by atoms with Gasteiger partial charge in [-0.05, 0) is 56.0 Å². The summed E-state index contributed by atoms with van der Waals surface area (Å²) in [6.45, 7) is 11.1. The van der Waals surface area contributed by atoms with Gasteiger partial charge in [-0.25, -0.2) is 8.78 Å². The summed E-state index contributed by atoms with van der Waals surface area (Å²) in [5.74, 6) is 0. The lowest BCUT2D eigenvalue weighted by molar-refractivity contribution is 0.190. The number of halogens is 2. The van der Waals surface area contributed by atoms with Gasteiger partial charge in [0.2, 0.25) is 0 Å². The monoisotopic (exact) mass is 289 g/mol. The van der Waals surface area contributed by atoms with Crippen molar-refractivity contribution in [3.05, 3.63) is 59.2 Å². The van der Waals surface area contributed by atoms with Gasteiger partial charge in [0.05, 0.1) is 5.69 Å². The van der Waals surface area contributed by atoms with Crippen LogP contribution in [0.2, 0.25) is 0 Å². The second-order valence-electron chi connectivity index (χ2n) is 5.16. The molecule has 0 aliphatic carbocycles. The maximum absolute atomic E-state index is 12.4. The standard InChI is InChI=1S/C18H21F2N/c1-12(2)16-9-8-14(4)17(10-16)21-11-13(3)6-7-15(5)18(19)20/h6-11,18H,1H2,2-5H3/b13-6+,15-7+,21-11+. The van der Waals surface area contributed by atoms with Crippen LogP contribution < -0.4 is 0 Å². The zero-order valence-corrected chi connectivity index (χ0v) is 13.0. The van der Waals surface area contributed by atoms with Crippen molar-refractivity contribution >= 4 is 17.5 Å². The highest BCUT2D eigenvalue weighted by Crippen LogP contribution is 2.23.